The summed E-state index contributed by atoms with van der Waals surface area (Å²) in [5.74, 6) is -0.0551. The highest BCUT2D eigenvalue weighted by molar-refractivity contribution is 6.42. The number of allylic oxidation sites excluding steroid dienone is 1. The molecular weight excluding hydrogens is 421 g/mol. The summed E-state index contributed by atoms with van der Waals surface area (Å²) in [6, 6.07) is 13.1. The summed E-state index contributed by atoms with van der Waals surface area (Å²) in [5.41, 5.74) is 0.930. The van der Waals surface area contributed by atoms with Gasteiger partial charge in [-0.05, 0) is 42.7 Å². The Kier molecular flexibility index (Phi) is 5.35. The molecule has 1 N–H and O–H groups in total. The smallest absolute Gasteiger partial charge is 0.258 e. The number of carbonyl (C=O) groups excluding carboxylic acids is 1. The van der Waals surface area contributed by atoms with Gasteiger partial charge in [0.05, 0.1) is 28.7 Å². The van der Waals surface area contributed by atoms with Gasteiger partial charge in [0.2, 0.25) is 5.91 Å². The molecule has 154 valence electrons. The van der Waals surface area contributed by atoms with E-state index in [1.54, 1.807) is 40.9 Å². The number of anilines is 1. The summed E-state index contributed by atoms with van der Waals surface area (Å²) >= 11 is 12.8. The van der Waals surface area contributed by atoms with Crippen LogP contribution < -0.4 is 10.9 Å². The number of fused-ring (bicyclic) bond motifs is 1. The van der Waals surface area contributed by atoms with Crippen molar-refractivity contribution in [2.45, 2.75) is 12.5 Å². The predicted molar refractivity (Wildman–Crippen MR) is 122 cm³/mol. The van der Waals surface area contributed by atoms with Crippen LogP contribution >= 0.6 is 23.2 Å². The molecule has 7 heteroatoms. The second-order valence-electron chi connectivity index (χ2n) is 7.54. The molecule has 0 spiro atoms. The Morgan fingerprint density at radius 2 is 1.93 bits per heavy atom. The Morgan fingerprint density at radius 1 is 1.17 bits per heavy atom. The van der Waals surface area contributed by atoms with Crippen LogP contribution in [0.25, 0.3) is 10.8 Å². The first-order chi connectivity index (χ1) is 14.3. The lowest BCUT2D eigenvalue weighted by molar-refractivity contribution is -0.132. The maximum Gasteiger partial charge on any atom is 0.258 e. The number of amides is 1. The number of pyridine rings is 1. The number of hydrogen-bond acceptors (Lipinski definition) is 3. The maximum atomic E-state index is 12.5. The summed E-state index contributed by atoms with van der Waals surface area (Å²) in [7, 11) is 1.73. The van der Waals surface area contributed by atoms with E-state index >= 15 is 0 Å². The number of nitrogens with zero attached hydrogens (tertiary/aromatic N) is 2. The number of carbonyl (C=O) groups is 1. The van der Waals surface area contributed by atoms with Crippen LogP contribution in [0.2, 0.25) is 10.0 Å². The number of benzene rings is 2. The topological polar surface area (TPSA) is 54.3 Å². The van der Waals surface area contributed by atoms with Gasteiger partial charge in [-0.2, -0.15) is 0 Å². The Hall–Kier alpha value is -2.76. The molecule has 0 radical (unpaired) electrons. The van der Waals surface area contributed by atoms with Crippen molar-refractivity contribution in [3.05, 3.63) is 86.8 Å². The summed E-state index contributed by atoms with van der Waals surface area (Å²) in [6.45, 7) is 2.68. The van der Waals surface area contributed by atoms with Crippen molar-refractivity contribution in [2.24, 2.45) is 7.05 Å². The van der Waals surface area contributed by atoms with Gasteiger partial charge in [0.15, 0.2) is 0 Å². The fraction of sp³-hybridized carbons (Fsp3) is 0.217. The Labute approximate surface area is 184 Å². The molecule has 30 heavy (non-hydrogen) atoms. The summed E-state index contributed by atoms with van der Waals surface area (Å²) in [5, 5.41) is 5.95. The van der Waals surface area contributed by atoms with Crippen LogP contribution in [0.15, 0.2) is 65.6 Å². The fourth-order valence-electron chi connectivity index (χ4n) is 3.89. The number of halogens is 2. The number of nitrogens with one attached hydrogen (secondary N) is 1. The van der Waals surface area contributed by atoms with E-state index in [0.29, 0.717) is 28.5 Å². The Balaban J connectivity index is 1.75. The van der Waals surface area contributed by atoms with Gasteiger partial charge in [0.1, 0.15) is 0 Å². The molecule has 3 aromatic rings. The van der Waals surface area contributed by atoms with Gasteiger partial charge in [-0.25, -0.2) is 0 Å². The second-order valence-corrected chi connectivity index (χ2v) is 8.32. The standard InChI is InChI=1S/C23H21Cl2N3O2/c1-3-5-20(29)28-13-23(14-28,18-6-4-7-19(24)21(18)25)26-16-9-8-15-10-11-27(2)22(30)17(15)12-16/h3-12,26H,13-14H2,1-2H3/b5-3+. The Morgan fingerprint density at radius 3 is 2.67 bits per heavy atom. The van der Waals surface area contributed by atoms with Crippen molar-refractivity contribution in [1.82, 2.24) is 9.47 Å². The van der Waals surface area contributed by atoms with Crippen LogP contribution in [0.3, 0.4) is 0 Å². The van der Waals surface area contributed by atoms with Crippen molar-refractivity contribution in [2.75, 3.05) is 18.4 Å². The highest BCUT2D eigenvalue weighted by atomic mass is 35.5. The molecule has 1 amide bonds. The molecule has 0 atom stereocenters. The molecule has 5 nitrogen and oxygen atoms in total. The van der Waals surface area contributed by atoms with Crippen LogP contribution in [-0.4, -0.2) is 28.5 Å². The van der Waals surface area contributed by atoms with Gasteiger partial charge in [-0.1, -0.05) is 47.5 Å². The van der Waals surface area contributed by atoms with E-state index in [1.165, 1.54) is 0 Å². The third-order valence-electron chi connectivity index (χ3n) is 5.48. The van der Waals surface area contributed by atoms with E-state index in [4.69, 9.17) is 23.2 Å². The average Bonchev–Trinajstić information content (AvgIpc) is 2.70. The molecule has 1 aromatic heterocycles. The predicted octanol–water partition coefficient (Wildman–Crippen LogP) is 4.57. The van der Waals surface area contributed by atoms with Crippen molar-refractivity contribution >= 4 is 45.6 Å². The summed E-state index contributed by atoms with van der Waals surface area (Å²) < 4.78 is 1.55. The van der Waals surface area contributed by atoms with E-state index in [0.717, 1.165) is 16.6 Å². The molecule has 2 heterocycles. The van der Waals surface area contributed by atoms with E-state index in [-0.39, 0.29) is 11.5 Å². The van der Waals surface area contributed by atoms with Gasteiger partial charge < -0.3 is 14.8 Å². The third-order valence-corrected chi connectivity index (χ3v) is 6.29. The summed E-state index contributed by atoms with van der Waals surface area (Å²) in [4.78, 5) is 26.6. The largest absolute Gasteiger partial charge is 0.372 e. The number of aromatic nitrogens is 1. The highest BCUT2D eigenvalue weighted by Crippen LogP contribution is 2.41. The van der Waals surface area contributed by atoms with Gasteiger partial charge in [-0.3, -0.25) is 9.59 Å². The van der Waals surface area contributed by atoms with Crippen LogP contribution in [0, 0.1) is 0 Å². The average molecular weight is 442 g/mol. The lowest BCUT2D eigenvalue weighted by Gasteiger charge is -2.51. The first-order valence-corrected chi connectivity index (χ1v) is 10.3. The quantitative estimate of drug-likeness (QED) is 0.603. The molecule has 0 unspecified atom stereocenters. The number of aryl methyl sites for hydroxylation is 1. The highest BCUT2D eigenvalue weighted by Gasteiger charge is 2.47. The fourth-order valence-corrected chi connectivity index (χ4v) is 4.37. The zero-order chi connectivity index (χ0) is 21.5. The summed E-state index contributed by atoms with van der Waals surface area (Å²) in [6.07, 6.45) is 5.02. The van der Waals surface area contributed by atoms with Gasteiger partial charge in [0, 0.05) is 29.9 Å². The van der Waals surface area contributed by atoms with Crippen molar-refractivity contribution in [3.8, 4) is 0 Å². The minimum atomic E-state index is -0.604. The molecule has 2 aromatic carbocycles. The van der Waals surface area contributed by atoms with Gasteiger partial charge in [-0.15, -0.1) is 0 Å². The molecular formula is C23H21Cl2N3O2. The van der Waals surface area contributed by atoms with E-state index in [9.17, 15) is 9.59 Å². The first kappa shape index (κ1) is 20.5. The molecule has 4 rings (SSSR count). The minimum Gasteiger partial charge on any atom is -0.372 e. The van der Waals surface area contributed by atoms with Gasteiger partial charge >= 0.3 is 0 Å². The zero-order valence-electron chi connectivity index (χ0n) is 16.7. The third kappa shape index (κ3) is 3.48. The van der Waals surface area contributed by atoms with Gasteiger partial charge in [0.25, 0.3) is 5.56 Å². The lowest BCUT2D eigenvalue weighted by atomic mass is 9.81. The normalized spacial score (nSPS) is 15.4. The molecule has 0 bridgehead atoms. The number of hydrogen-bond donors (Lipinski definition) is 1. The molecule has 1 saturated heterocycles. The molecule has 1 fully saturated rings. The van der Waals surface area contributed by atoms with E-state index in [1.807, 2.05) is 43.3 Å². The molecule has 1 aliphatic rings. The number of rotatable bonds is 4. The van der Waals surface area contributed by atoms with Crippen LogP contribution in [0.4, 0.5) is 5.69 Å². The van der Waals surface area contributed by atoms with Crippen LogP contribution in [0.1, 0.15) is 12.5 Å². The van der Waals surface area contributed by atoms with Crippen LogP contribution in [-0.2, 0) is 17.4 Å². The van der Waals surface area contributed by atoms with E-state index < -0.39 is 5.54 Å². The zero-order valence-corrected chi connectivity index (χ0v) is 18.2. The Bertz CT molecular complexity index is 1230. The lowest BCUT2D eigenvalue weighted by Crippen LogP contribution is -2.64. The second kappa shape index (κ2) is 7.82. The minimum absolute atomic E-state index is 0.0551. The van der Waals surface area contributed by atoms with Crippen molar-refractivity contribution < 1.29 is 4.79 Å². The maximum absolute atomic E-state index is 12.5. The molecule has 0 saturated carbocycles. The molecule has 1 aliphatic heterocycles. The molecule has 0 aliphatic carbocycles. The van der Waals surface area contributed by atoms with Crippen LogP contribution in [0.5, 0.6) is 0 Å². The monoisotopic (exact) mass is 441 g/mol. The number of likely N-dealkylation sites (tertiary alicyclic amines) is 1. The van der Waals surface area contributed by atoms with Crippen molar-refractivity contribution in [3.63, 3.8) is 0 Å². The SMILES string of the molecule is C/C=C/C(=O)N1CC(Nc2ccc3ccn(C)c(=O)c3c2)(c2cccc(Cl)c2Cl)C1. The van der Waals surface area contributed by atoms with Crippen molar-refractivity contribution in [1.29, 1.82) is 0 Å². The van der Waals surface area contributed by atoms with E-state index in [2.05, 4.69) is 5.32 Å². The first-order valence-electron chi connectivity index (χ1n) is 9.58.